The molecule has 7 nitrogen and oxygen atoms in total. The van der Waals surface area contributed by atoms with Crippen molar-refractivity contribution in [3.63, 3.8) is 0 Å². The van der Waals surface area contributed by atoms with E-state index in [4.69, 9.17) is 21.1 Å². The second-order valence-corrected chi connectivity index (χ2v) is 9.94. The Hall–Kier alpha value is -3.23. The SMILES string of the molecule is COc1ccc(OC)c([C@H](C)NC(=O)CN(c2ccccc2Cl)S(=O)(=O)c2ccc(C)cc2)c1. The molecule has 0 bridgehead atoms. The van der Waals surface area contributed by atoms with Gasteiger partial charge in [-0.2, -0.15) is 0 Å². The van der Waals surface area contributed by atoms with Crippen molar-refractivity contribution in [3.05, 3.63) is 82.9 Å². The highest BCUT2D eigenvalue weighted by Crippen LogP contribution is 2.31. The van der Waals surface area contributed by atoms with Gasteiger partial charge in [0.15, 0.2) is 0 Å². The van der Waals surface area contributed by atoms with Crippen molar-refractivity contribution < 1.29 is 22.7 Å². The number of carbonyl (C=O) groups excluding carboxylic acids is 1. The number of hydrogen-bond acceptors (Lipinski definition) is 5. The number of ether oxygens (including phenoxy) is 2. The second-order valence-electron chi connectivity index (χ2n) is 7.67. The zero-order chi connectivity index (χ0) is 24.9. The van der Waals surface area contributed by atoms with Crippen LogP contribution in [0.4, 0.5) is 5.69 Å². The fourth-order valence-electron chi connectivity index (χ4n) is 3.46. The van der Waals surface area contributed by atoms with Crippen LogP contribution in [-0.2, 0) is 14.8 Å². The number of methoxy groups -OCH3 is 2. The van der Waals surface area contributed by atoms with Crippen LogP contribution in [0.2, 0.25) is 5.02 Å². The van der Waals surface area contributed by atoms with Gasteiger partial charge < -0.3 is 14.8 Å². The van der Waals surface area contributed by atoms with Crippen molar-refractivity contribution in [1.29, 1.82) is 0 Å². The number of nitrogens with one attached hydrogen (secondary N) is 1. The van der Waals surface area contributed by atoms with Crippen LogP contribution in [0.1, 0.15) is 24.1 Å². The number of aryl methyl sites for hydroxylation is 1. The number of rotatable bonds is 9. The molecule has 3 aromatic carbocycles. The van der Waals surface area contributed by atoms with E-state index in [0.29, 0.717) is 17.1 Å². The lowest BCUT2D eigenvalue weighted by atomic mass is 10.1. The van der Waals surface area contributed by atoms with Gasteiger partial charge in [-0.1, -0.05) is 41.4 Å². The van der Waals surface area contributed by atoms with Crippen molar-refractivity contribution in [1.82, 2.24) is 5.32 Å². The summed E-state index contributed by atoms with van der Waals surface area (Å²) < 4.78 is 38.7. The van der Waals surface area contributed by atoms with Crippen LogP contribution < -0.4 is 19.1 Å². The van der Waals surface area contributed by atoms with Gasteiger partial charge in [-0.25, -0.2) is 8.42 Å². The predicted molar refractivity (Wildman–Crippen MR) is 133 cm³/mol. The van der Waals surface area contributed by atoms with E-state index in [-0.39, 0.29) is 15.6 Å². The molecule has 1 N–H and O–H groups in total. The average Bonchev–Trinajstić information content (AvgIpc) is 2.82. The first-order valence-corrected chi connectivity index (χ1v) is 12.3. The molecule has 0 saturated heterocycles. The van der Waals surface area contributed by atoms with Crippen LogP contribution in [0.5, 0.6) is 11.5 Å². The number of anilines is 1. The number of amides is 1. The Morgan fingerprint density at radius 1 is 1.03 bits per heavy atom. The summed E-state index contributed by atoms with van der Waals surface area (Å²) in [7, 11) is -0.986. The van der Waals surface area contributed by atoms with Gasteiger partial charge in [0, 0.05) is 5.56 Å². The van der Waals surface area contributed by atoms with E-state index in [2.05, 4.69) is 5.32 Å². The molecule has 3 aromatic rings. The number of benzene rings is 3. The Morgan fingerprint density at radius 3 is 2.32 bits per heavy atom. The molecule has 9 heteroatoms. The Kier molecular flexibility index (Phi) is 8.06. The maximum Gasteiger partial charge on any atom is 0.264 e. The molecule has 0 radical (unpaired) electrons. The third kappa shape index (κ3) is 5.63. The van der Waals surface area contributed by atoms with Crippen molar-refractivity contribution in [2.75, 3.05) is 25.1 Å². The summed E-state index contributed by atoms with van der Waals surface area (Å²) in [6, 6.07) is 17.7. The van der Waals surface area contributed by atoms with E-state index in [0.717, 1.165) is 9.87 Å². The van der Waals surface area contributed by atoms with E-state index in [9.17, 15) is 13.2 Å². The molecule has 0 heterocycles. The summed E-state index contributed by atoms with van der Waals surface area (Å²) >= 11 is 6.33. The van der Waals surface area contributed by atoms with Crippen LogP contribution in [-0.4, -0.2) is 35.1 Å². The first kappa shape index (κ1) is 25.4. The van der Waals surface area contributed by atoms with Gasteiger partial charge in [0.25, 0.3) is 10.0 Å². The summed E-state index contributed by atoms with van der Waals surface area (Å²) in [6.07, 6.45) is 0. The maximum absolute atomic E-state index is 13.5. The molecule has 34 heavy (non-hydrogen) atoms. The van der Waals surface area contributed by atoms with Gasteiger partial charge in [-0.15, -0.1) is 0 Å². The summed E-state index contributed by atoms with van der Waals surface area (Å²) in [6.45, 7) is 3.18. The highest BCUT2D eigenvalue weighted by molar-refractivity contribution is 7.92. The van der Waals surface area contributed by atoms with Gasteiger partial charge in [0.1, 0.15) is 18.0 Å². The van der Waals surface area contributed by atoms with Gasteiger partial charge in [0.05, 0.1) is 35.9 Å². The smallest absolute Gasteiger partial charge is 0.264 e. The summed E-state index contributed by atoms with van der Waals surface area (Å²) in [5, 5.41) is 3.07. The first-order chi connectivity index (χ1) is 16.2. The molecule has 0 aliphatic heterocycles. The monoisotopic (exact) mass is 502 g/mol. The third-order valence-electron chi connectivity index (χ3n) is 5.30. The summed E-state index contributed by atoms with van der Waals surface area (Å²) in [5.41, 5.74) is 1.83. The topological polar surface area (TPSA) is 84.9 Å². The normalized spacial score (nSPS) is 12.0. The highest BCUT2D eigenvalue weighted by Gasteiger charge is 2.29. The lowest BCUT2D eigenvalue weighted by molar-refractivity contribution is -0.120. The number of nitrogens with zero attached hydrogens (tertiary/aromatic N) is 1. The Balaban J connectivity index is 1.92. The van der Waals surface area contributed by atoms with E-state index in [1.54, 1.807) is 68.6 Å². The molecule has 0 fully saturated rings. The molecule has 0 aromatic heterocycles. The molecule has 3 rings (SSSR count). The summed E-state index contributed by atoms with van der Waals surface area (Å²) in [5.74, 6) is 0.674. The highest BCUT2D eigenvalue weighted by atomic mass is 35.5. The van der Waals surface area contributed by atoms with Crippen LogP contribution in [0.3, 0.4) is 0 Å². The molecule has 0 aliphatic carbocycles. The number of sulfonamides is 1. The molecule has 0 spiro atoms. The quantitative estimate of drug-likeness (QED) is 0.457. The maximum atomic E-state index is 13.5. The lowest BCUT2D eigenvalue weighted by Gasteiger charge is -2.26. The minimum Gasteiger partial charge on any atom is -0.497 e. The van der Waals surface area contributed by atoms with Crippen LogP contribution in [0.15, 0.2) is 71.6 Å². The molecule has 0 unspecified atom stereocenters. The molecule has 1 amide bonds. The Labute approximate surface area is 205 Å². The van der Waals surface area contributed by atoms with Gasteiger partial charge >= 0.3 is 0 Å². The van der Waals surface area contributed by atoms with Crippen LogP contribution in [0, 0.1) is 6.92 Å². The zero-order valence-corrected chi connectivity index (χ0v) is 21.0. The number of carbonyl (C=O) groups is 1. The van der Waals surface area contributed by atoms with Crippen molar-refractivity contribution in [2.45, 2.75) is 24.8 Å². The van der Waals surface area contributed by atoms with Crippen molar-refractivity contribution >= 4 is 33.2 Å². The first-order valence-electron chi connectivity index (χ1n) is 10.5. The van der Waals surface area contributed by atoms with Gasteiger partial charge in [0.2, 0.25) is 5.91 Å². The largest absolute Gasteiger partial charge is 0.497 e. The molecule has 0 aliphatic rings. The summed E-state index contributed by atoms with van der Waals surface area (Å²) in [4.78, 5) is 13.1. The molecule has 180 valence electrons. The van der Waals surface area contributed by atoms with Crippen molar-refractivity contribution in [2.24, 2.45) is 0 Å². The fraction of sp³-hybridized carbons (Fsp3) is 0.240. The van der Waals surface area contributed by atoms with Crippen LogP contribution in [0.25, 0.3) is 0 Å². The fourth-order valence-corrected chi connectivity index (χ4v) is 5.19. The lowest BCUT2D eigenvalue weighted by Crippen LogP contribution is -2.41. The standard InChI is InChI=1S/C25H27ClN2O5S/c1-17-9-12-20(13-10-17)34(30,31)28(23-8-6-5-7-22(23)26)16-25(29)27-18(2)21-15-19(32-3)11-14-24(21)33-4/h5-15,18H,16H2,1-4H3,(H,27,29)/t18-/m0/s1. The number of hydrogen-bond donors (Lipinski definition) is 1. The molecule has 1 atom stereocenters. The number of para-hydroxylation sites is 1. The van der Waals surface area contributed by atoms with Gasteiger partial charge in [-0.3, -0.25) is 9.10 Å². The average molecular weight is 503 g/mol. The molecular weight excluding hydrogens is 476 g/mol. The van der Waals surface area contributed by atoms with E-state index in [1.165, 1.54) is 19.2 Å². The van der Waals surface area contributed by atoms with E-state index >= 15 is 0 Å². The number of halogens is 1. The third-order valence-corrected chi connectivity index (χ3v) is 7.39. The second kappa shape index (κ2) is 10.8. The van der Waals surface area contributed by atoms with Crippen LogP contribution >= 0.6 is 11.6 Å². The minimum atomic E-state index is -4.07. The van der Waals surface area contributed by atoms with Gasteiger partial charge in [-0.05, 0) is 56.3 Å². The van der Waals surface area contributed by atoms with E-state index in [1.807, 2.05) is 6.92 Å². The van der Waals surface area contributed by atoms with Crippen molar-refractivity contribution in [3.8, 4) is 11.5 Å². The Morgan fingerprint density at radius 2 is 1.71 bits per heavy atom. The molecular formula is C25H27ClN2O5S. The zero-order valence-electron chi connectivity index (χ0n) is 19.4. The van der Waals surface area contributed by atoms with E-state index < -0.39 is 28.5 Å². The predicted octanol–water partition coefficient (Wildman–Crippen LogP) is 4.74. The molecule has 0 saturated carbocycles. The minimum absolute atomic E-state index is 0.0633. The Bertz CT molecular complexity index is 1260.